The monoisotopic (exact) mass is 1300 g/mol. The molecule has 0 aromatic heterocycles. The fourth-order valence-electron chi connectivity index (χ4n) is 10.4. The van der Waals surface area contributed by atoms with E-state index in [4.69, 9.17) is 18.5 Å². The van der Waals surface area contributed by atoms with E-state index < -0.39 is 26.5 Å². The van der Waals surface area contributed by atoms with Crippen molar-refractivity contribution in [1.29, 1.82) is 0 Å². The number of nitrogens with zero attached hydrogens (tertiary/aromatic N) is 1. The quantitative estimate of drug-likeness (QED) is 0.0211. The molecule has 0 amide bonds. The lowest BCUT2D eigenvalue weighted by Crippen LogP contribution is -2.37. The second kappa shape index (κ2) is 71.4. The Balaban J connectivity index is 4.05. The molecule has 0 aromatic rings. The van der Waals surface area contributed by atoms with Crippen molar-refractivity contribution in [1.82, 2.24) is 0 Å². The molecule has 0 rings (SSSR count). The van der Waals surface area contributed by atoms with Gasteiger partial charge < -0.3 is 18.9 Å². The molecule has 0 fully saturated rings. The summed E-state index contributed by atoms with van der Waals surface area (Å²) in [6, 6.07) is 0. The highest BCUT2D eigenvalue weighted by Gasteiger charge is 2.27. The zero-order valence-corrected chi connectivity index (χ0v) is 61.1. The van der Waals surface area contributed by atoms with Gasteiger partial charge in [0, 0.05) is 12.8 Å². The Morgan fingerprint density at radius 3 is 0.924 bits per heavy atom. The second-order valence-corrected chi connectivity index (χ2v) is 27.8. The van der Waals surface area contributed by atoms with Gasteiger partial charge in [0.2, 0.25) is 0 Å². The third kappa shape index (κ3) is 75.2. The highest BCUT2D eigenvalue weighted by atomic mass is 31.2. The molecule has 2 unspecified atom stereocenters. The topological polar surface area (TPSA) is 108 Å². The van der Waals surface area contributed by atoms with E-state index in [1.165, 1.54) is 180 Å². The standard InChI is InChI=1S/C82H142NO8P/c1-6-8-10-12-14-16-18-20-22-24-26-28-30-32-34-36-38-40-41-43-45-47-49-51-53-55-57-59-61-63-65-67-69-71-73-75-82(85)91-80(79-90-92(86,87)89-77-76-83(3,4)5)78-88-81(84)74-72-70-68-66-64-62-60-58-56-54-52-50-48-46-44-42-39-37-35-33-31-29-27-25-23-21-19-17-15-13-11-9-7-2/h8,10,14,16,19-22,25-28,31-34,38,40,43,45,49,51,80H,6-7,9,11-13,15,17-18,23-24,29-30,35-37,39,41-42,44,46-48,50,52-79H2,1-5H3/p+1/b10-8-,16-14-,21-19-,22-20-,27-25-,28-26-,33-31-,34-32-,40-38-,45-43-,51-49-. The smallest absolute Gasteiger partial charge is 0.462 e. The summed E-state index contributed by atoms with van der Waals surface area (Å²) in [5.41, 5.74) is 0. The summed E-state index contributed by atoms with van der Waals surface area (Å²) in [5.74, 6) is -0.798. The third-order valence-corrected chi connectivity index (χ3v) is 17.1. The number of hydrogen-bond acceptors (Lipinski definition) is 7. The van der Waals surface area contributed by atoms with Crippen molar-refractivity contribution in [2.45, 2.75) is 328 Å². The molecule has 0 aliphatic rings. The fraction of sp³-hybridized carbons (Fsp3) is 0.707. The van der Waals surface area contributed by atoms with Gasteiger partial charge in [-0.05, 0) is 116 Å². The van der Waals surface area contributed by atoms with Crippen LogP contribution in [0.5, 0.6) is 0 Å². The SMILES string of the molecule is CC/C=C\C/C=C\C/C=C\C/C=C\C/C=C\C/C=C\C/C=C\C/C=C\CCCCCCCCCCCCC(=O)OC(COC(=O)CCCCCCCCCCCCCCCCCCCC/C=C\C/C=C\C/C=C\CCCCCCC)COP(=O)(O)OCC[N+](C)(C)C. The Morgan fingerprint density at radius 1 is 0.348 bits per heavy atom. The number of unbranched alkanes of at least 4 members (excludes halogenated alkanes) is 33. The molecule has 2 atom stereocenters. The molecule has 0 aromatic carbocycles. The summed E-state index contributed by atoms with van der Waals surface area (Å²) < 4.78 is 34.8. The third-order valence-electron chi connectivity index (χ3n) is 16.2. The van der Waals surface area contributed by atoms with Crippen LogP contribution >= 0.6 is 7.82 Å². The number of carbonyl (C=O) groups is 2. The number of phosphoric acid groups is 1. The molecule has 10 heteroatoms. The summed E-state index contributed by atoms with van der Waals surface area (Å²) >= 11 is 0. The molecule has 528 valence electrons. The number of ether oxygens (including phenoxy) is 2. The molecule has 0 aliphatic carbocycles. The van der Waals surface area contributed by atoms with Crippen molar-refractivity contribution in [2.24, 2.45) is 0 Å². The van der Waals surface area contributed by atoms with Crippen LogP contribution in [0.4, 0.5) is 0 Å². The van der Waals surface area contributed by atoms with Gasteiger partial charge in [-0.25, -0.2) is 4.57 Å². The van der Waals surface area contributed by atoms with E-state index in [1.54, 1.807) is 0 Å². The number of esters is 2. The highest BCUT2D eigenvalue weighted by molar-refractivity contribution is 7.47. The van der Waals surface area contributed by atoms with Crippen LogP contribution in [-0.4, -0.2) is 74.9 Å². The minimum atomic E-state index is -4.40. The second-order valence-electron chi connectivity index (χ2n) is 26.3. The van der Waals surface area contributed by atoms with Gasteiger partial charge in [-0.1, -0.05) is 327 Å². The van der Waals surface area contributed by atoms with Gasteiger partial charge in [0.05, 0.1) is 27.7 Å². The van der Waals surface area contributed by atoms with Crippen LogP contribution in [-0.2, 0) is 32.7 Å². The molecule has 0 bridgehead atoms. The number of likely N-dealkylation sites (N-methyl/N-ethyl adjacent to an activating group) is 1. The van der Waals surface area contributed by atoms with E-state index in [1.807, 2.05) is 21.1 Å². The van der Waals surface area contributed by atoms with Gasteiger partial charge in [0.1, 0.15) is 19.8 Å². The summed E-state index contributed by atoms with van der Waals surface area (Å²) in [7, 11) is 1.47. The van der Waals surface area contributed by atoms with Crippen molar-refractivity contribution in [2.75, 3.05) is 47.5 Å². The Hall–Kier alpha value is -3.85. The van der Waals surface area contributed by atoms with Crippen LogP contribution in [0.1, 0.15) is 322 Å². The molecule has 0 heterocycles. The van der Waals surface area contributed by atoms with Crippen LogP contribution in [0.2, 0.25) is 0 Å². The lowest BCUT2D eigenvalue weighted by atomic mass is 10.0. The van der Waals surface area contributed by atoms with E-state index in [9.17, 15) is 19.0 Å². The van der Waals surface area contributed by atoms with Crippen molar-refractivity contribution in [3.05, 3.63) is 134 Å². The summed E-state index contributed by atoms with van der Waals surface area (Å²) in [4.78, 5) is 36.0. The number of phosphoric ester groups is 1. The molecular formula is C82H143NO8P+. The zero-order valence-electron chi connectivity index (χ0n) is 60.2. The minimum Gasteiger partial charge on any atom is -0.462 e. The van der Waals surface area contributed by atoms with Crippen LogP contribution in [0, 0.1) is 0 Å². The van der Waals surface area contributed by atoms with E-state index in [2.05, 4.69) is 148 Å². The summed E-state index contributed by atoms with van der Waals surface area (Å²) in [6.45, 7) is 4.32. The van der Waals surface area contributed by atoms with Crippen LogP contribution < -0.4 is 0 Å². The molecule has 92 heavy (non-hydrogen) atoms. The predicted molar refractivity (Wildman–Crippen MR) is 399 cm³/mol. The van der Waals surface area contributed by atoms with Crippen LogP contribution in [0.15, 0.2) is 134 Å². The fourth-order valence-corrected chi connectivity index (χ4v) is 11.1. The van der Waals surface area contributed by atoms with Gasteiger partial charge in [-0.3, -0.25) is 18.6 Å². The number of rotatable bonds is 69. The first-order valence-corrected chi connectivity index (χ1v) is 39.4. The number of quaternary nitrogens is 1. The van der Waals surface area contributed by atoms with Crippen LogP contribution in [0.3, 0.4) is 0 Å². The Morgan fingerprint density at radius 2 is 0.620 bits per heavy atom. The summed E-state index contributed by atoms with van der Waals surface area (Å²) in [5, 5.41) is 0. The average Bonchev–Trinajstić information content (AvgIpc) is 2.14. The lowest BCUT2D eigenvalue weighted by molar-refractivity contribution is -0.870. The van der Waals surface area contributed by atoms with E-state index in [-0.39, 0.29) is 32.0 Å². The Labute approximate surface area is 568 Å². The van der Waals surface area contributed by atoms with Gasteiger partial charge in [-0.15, -0.1) is 0 Å². The van der Waals surface area contributed by atoms with Crippen molar-refractivity contribution in [3.8, 4) is 0 Å². The normalized spacial score (nSPS) is 13.8. The van der Waals surface area contributed by atoms with Crippen molar-refractivity contribution in [3.63, 3.8) is 0 Å². The van der Waals surface area contributed by atoms with E-state index >= 15 is 0 Å². The van der Waals surface area contributed by atoms with Gasteiger partial charge in [-0.2, -0.15) is 0 Å². The largest absolute Gasteiger partial charge is 0.472 e. The van der Waals surface area contributed by atoms with Crippen molar-refractivity contribution >= 4 is 19.8 Å². The van der Waals surface area contributed by atoms with E-state index in [0.717, 1.165) is 109 Å². The molecule has 0 aliphatic heterocycles. The summed E-state index contributed by atoms with van der Waals surface area (Å²) in [6.07, 6.45) is 104. The van der Waals surface area contributed by atoms with Crippen molar-refractivity contribution < 1.29 is 42.1 Å². The van der Waals surface area contributed by atoms with Gasteiger partial charge >= 0.3 is 19.8 Å². The average molecular weight is 1300 g/mol. The highest BCUT2D eigenvalue weighted by Crippen LogP contribution is 2.43. The maximum absolute atomic E-state index is 12.9. The minimum absolute atomic E-state index is 0.0261. The number of allylic oxidation sites excluding steroid dienone is 22. The number of carbonyl (C=O) groups excluding carboxylic acids is 2. The molecule has 1 N–H and O–H groups in total. The lowest BCUT2D eigenvalue weighted by Gasteiger charge is -2.24. The van der Waals surface area contributed by atoms with Gasteiger partial charge in [0.25, 0.3) is 0 Å². The first kappa shape index (κ1) is 88.2. The Kier molecular flexibility index (Phi) is 68.5. The maximum atomic E-state index is 12.9. The molecule has 0 spiro atoms. The maximum Gasteiger partial charge on any atom is 0.472 e. The van der Waals surface area contributed by atoms with Crippen LogP contribution in [0.25, 0.3) is 0 Å². The molecule has 0 saturated heterocycles. The first-order chi connectivity index (χ1) is 45.0. The molecule has 0 saturated carbocycles. The first-order valence-electron chi connectivity index (χ1n) is 37.9. The molecular weight excluding hydrogens is 1160 g/mol. The molecule has 9 nitrogen and oxygen atoms in total. The Bertz CT molecular complexity index is 2020. The zero-order chi connectivity index (χ0) is 66.9. The number of hydrogen-bond donors (Lipinski definition) is 1. The predicted octanol–water partition coefficient (Wildman–Crippen LogP) is 25.2. The van der Waals surface area contributed by atoms with E-state index in [0.29, 0.717) is 17.4 Å². The van der Waals surface area contributed by atoms with Gasteiger partial charge in [0.15, 0.2) is 6.10 Å². The molecule has 0 radical (unpaired) electrons.